The lowest BCUT2D eigenvalue weighted by Gasteiger charge is -2.32. The second-order valence-corrected chi connectivity index (χ2v) is 7.90. The van der Waals surface area contributed by atoms with Crippen molar-refractivity contribution in [1.29, 1.82) is 0 Å². The zero-order chi connectivity index (χ0) is 17.8. The number of hydrogen-bond acceptors (Lipinski definition) is 5. The van der Waals surface area contributed by atoms with Crippen molar-refractivity contribution in [3.8, 4) is 0 Å². The van der Waals surface area contributed by atoms with Gasteiger partial charge < -0.3 is 14.4 Å². The average Bonchev–Trinajstić information content (AvgIpc) is 3.00. The number of benzene rings is 1. The van der Waals surface area contributed by atoms with Crippen molar-refractivity contribution in [2.24, 2.45) is 7.05 Å². The van der Waals surface area contributed by atoms with Crippen molar-refractivity contribution in [3.05, 3.63) is 41.7 Å². The maximum Gasteiger partial charge on any atom is 0.227 e. The fraction of sp³-hybridized carbons (Fsp3) is 0.500. The molecule has 1 atom stereocenters. The van der Waals surface area contributed by atoms with Gasteiger partial charge in [-0.05, 0) is 25.1 Å². The van der Waals surface area contributed by atoms with Crippen LogP contribution in [0.1, 0.15) is 23.3 Å². The number of carbonyl (C=O) groups is 1. The van der Waals surface area contributed by atoms with E-state index < -0.39 is 0 Å². The van der Waals surface area contributed by atoms with Crippen LogP contribution in [0.4, 0.5) is 0 Å². The van der Waals surface area contributed by atoms with E-state index in [4.69, 9.17) is 0 Å². The van der Waals surface area contributed by atoms with Gasteiger partial charge in [-0.25, -0.2) is 0 Å². The lowest BCUT2D eigenvalue weighted by Crippen LogP contribution is -2.47. The molecule has 0 aliphatic carbocycles. The first kappa shape index (κ1) is 17.9. The molecule has 0 bridgehead atoms. The van der Waals surface area contributed by atoms with Gasteiger partial charge in [-0.1, -0.05) is 36.0 Å². The molecule has 25 heavy (non-hydrogen) atoms. The fourth-order valence-electron chi connectivity index (χ4n) is 2.90. The number of hydrogen-bond donors (Lipinski definition) is 0. The van der Waals surface area contributed by atoms with Crippen LogP contribution in [-0.2, 0) is 18.3 Å². The topological polar surface area (TPSA) is 54.3 Å². The van der Waals surface area contributed by atoms with Crippen molar-refractivity contribution >= 4 is 17.7 Å². The number of aromatic nitrogens is 3. The monoisotopic (exact) mass is 359 g/mol. The van der Waals surface area contributed by atoms with Crippen LogP contribution < -0.4 is 0 Å². The van der Waals surface area contributed by atoms with E-state index in [-0.39, 0.29) is 11.2 Å². The summed E-state index contributed by atoms with van der Waals surface area (Å²) >= 11 is 1.67. The van der Waals surface area contributed by atoms with Crippen molar-refractivity contribution < 1.29 is 4.79 Å². The third-order valence-electron chi connectivity index (χ3n) is 4.58. The Labute approximate surface area is 153 Å². The van der Waals surface area contributed by atoms with Gasteiger partial charge in [0.25, 0.3) is 0 Å². The third-order valence-corrected chi connectivity index (χ3v) is 5.79. The lowest BCUT2D eigenvalue weighted by molar-refractivity contribution is -0.132. The number of nitrogens with zero attached hydrogens (tertiary/aromatic N) is 5. The van der Waals surface area contributed by atoms with E-state index in [1.165, 1.54) is 5.56 Å². The molecule has 0 spiro atoms. The zero-order valence-corrected chi connectivity index (χ0v) is 15.9. The molecule has 0 N–H and O–H groups in total. The Bertz CT molecular complexity index is 724. The molecule has 6 nitrogen and oxygen atoms in total. The predicted octanol–water partition coefficient (Wildman–Crippen LogP) is 1.98. The van der Waals surface area contributed by atoms with E-state index in [1.54, 1.807) is 18.1 Å². The number of rotatable bonds is 5. The van der Waals surface area contributed by atoms with Gasteiger partial charge in [-0.2, -0.15) is 0 Å². The average molecular weight is 359 g/mol. The second kappa shape index (κ2) is 8.01. The molecule has 1 saturated heterocycles. The molecule has 134 valence electrons. The number of likely N-dealkylation sites (N-methyl/N-ethyl adjacent to an activating group) is 1. The van der Waals surface area contributed by atoms with Gasteiger partial charge in [0, 0.05) is 38.5 Å². The van der Waals surface area contributed by atoms with Crippen LogP contribution in [0.25, 0.3) is 0 Å². The molecule has 0 radical (unpaired) electrons. The first-order valence-corrected chi connectivity index (χ1v) is 9.46. The highest BCUT2D eigenvalue weighted by atomic mass is 32.2. The maximum absolute atomic E-state index is 12.5. The molecule has 0 saturated carbocycles. The van der Waals surface area contributed by atoms with Gasteiger partial charge in [-0.3, -0.25) is 4.79 Å². The van der Waals surface area contributed by atoms with Gasteiger partial charge in [0.15, 0.2) is 5.16 Å². The lowest BCUT2D eigenvalue weighted by atomic mass is 10.1. The first-order chi connectivity index (χ1) is 12.0. The van der Waals surface area contributed by atoms with Gasteiger partial charge in [-0.15, -0.1) is 10.2 Å². The molecule has 1 aromatic carbocycles. The van der Waals surface area contributed by atoms with Crippen LogP contribution >= 0.6 is 11.8 Å². The van der Waals surface area contributed by atoms with E-state index in [1.807, 2.05) is 28.6 Å². The molecule has 1 aliphatic heterocycles. The molecular weight excluding hydrogens is 334 g/mol. The minimum Gasteiger partial charge on any atom is -0.340 e. The Kier molecular flexibility index (Phi) is 5.75. The van der Waals surface area contributed by atoms with Crippen LogP contribution in [0.3, 0.4) is 0 Å². The highest BCUT2D eigenvalue weighted by Gasteiger charge is 2.19. The summed E-state index contributed by atoms with van der Waals surface area (Å²) in [4.78, 5) is 16.8. The molecule has 2 aromatic rings. The highest BCUT2D eigenvalue weighted by molar-refractivity contribution is 7.99. The molecule has 1 amide bonds. The molecule has 2 heterocycles. The summed E-state index contributed by atoms with van der Waals surface area (Å²) in [7, 11) is 4.04. The number of amides is 1. The second-order valence-electron chi connectivity index (χ2n) is 6.59. The van der Waals surface area contributed by atoms with Crippen LogP contribution in [0.2, 0.25) is 0 Å². The fourth-order valence-corrected chi connectivity index (χ4v) is 3.81. The van der Waals surface area contributed by atoms with Crippen LogP contribution in [0.15, 0.2) is 35.7 Å². The summed E-state index contributed by atoms with van der Waals surface area (Å²) in [6.45, 7) is 5.72. The summed E-state index contributed by atoms with van der Waals surface area (Å²) in [6.07, 6.45) is 2.18. The summed E-state index contributed by atoms with van der Waals surface area (Å²) in [6, 6.07) is 8.33. The standard InChI is InChI=1S/C18H25N5OS/c1-14(25-18-20-19-13-22(18)3)16-6-4-5-15(11-16)12-17(24)23-9-7-21(2)8-10-23/h4-6,11,13-14H,7-10,12H2,1-3H3/t14-/m0/s1. The van der Waals surface area contributed by atoms with Crippen LogP contribution in [-0.4, -0.2) is 63.7 Å². The van der Waals surface area contributed by atoms with Gasteiger partial charge in [0.05, 0.1) is 6.42 Å². The van der Waals surface area contributed by atoms with Gasteiger partial charge in [0.2, 0.25) is 5.91 Å². The van der Waals surface area contributed by atoms with Crippen molar-refractivity contribution in [3.63, 3.8) is 0 Å². The summed E-state index contributed by atoms with van der Waals surface area (Å²) in [5, 5.41) is 9.20. The predicted molar refractivity (Wildman–Crippen MR) is 99.5 cm³/mol. The molecule has 1 fully saturated rings. The van der Waals surface area contributed by atoms with Crippen molar-refractivity contribution in [2.75, 3.05) is 33.2 Å². The van der Waals surface area contributed by atoms with Crippen molar-refractivity contribution in [1.82, 2.24) is 24.6 Å². The van der Waals surface area contributed by atoms with E-state index >= 15 is 0 Å². The van der Waals surface area contributed by atoms with E-state index in [2.05, 4.69) is 41.2 Å². The Morgan fingerprint density at radius 2 is 2.00 bits per heavy atom. The normalized spacial score (nSPS) is 16.8. The first-order valence-electron chi connectivity index (χ1n) is 8.59. The molecule has 1 aliphatic rings. The Hall–Kier alpha value is -1.86. The zero-order valence-electron chi connectivity index (χ0n) is 15.1. The summed E-state index contributed by atoms with van der Waals surface area (Å²) in [5.74, 6) is 0.221. The number of aryl methyl sites for hydroxylation is 1. The van der Waals surface area contributed by atoms with Crippen LogP contribution in [0, 0.1) is 0 Å². The Morgan fingerprint density at radius 3 is 2.68 bits per heavy atom. The number of carbonyl (C=O) groups excluding carboxylic acids is 1. The SMILES string of the molecule is C[C@H](Sc1nncn1C)c1cccc(CC(=O)N2CCN(C)CC2)c1. The molecular formula is C18H25N5OS. The minimum absolute atomic E-state index is 0.221. The summed E-state index contributed by atoms with van der Waals surface area (Å²) in [5.41, 5.74) is 2.28. The number of piperazine rings is 1. The van der Waals surface area contributed by atoms with Gasteiger partial charge >= 0.3 is 0 Å². The highest BCUT2D eigenvalue weighted by Crippen LogP contribution is 2.33. The van der Waals surface area contributed by atoms with Crippen molar-refractivity contribution in [2.45, 2.75) is 23.8 Å². The summed E-state index contributed by atoms with van der Waals surface area (Å²) < 4.78 is 1.92. The van der Waals surface area contributed by atoms with E-state index in [0.29, 0.717) is 6.42 Å². The minimum atomic E-state index is 0.221. The number of thioether (sulfide) groups is 1. The third kappa shape index (κ3) is 4.61. The van der Waals surface area contributed by atoms with E-state index in [0.717, 1.165) is 36.9 Å². The van der Waals surface area contributed by atoms with Crippen LogP contribution in [0.5, 0.6) is 0 Å². The largest absolute Gasteiger partial charge is 0.340 e. The Morgan fingerprint density at radius 1 is 1.24 bits per heavy atom. The maximum atomic E-state index is 12.5. The Balaban J connectivity index is 1.63. The molecule has 0 unspecified atom stereocenters. The van der Waals surface area contributed by atoms with Gasteiger partial charge in [0.1, 0.15) is 6.33 Å². The quantitative estimate of drug-likeness (QED) is 0.764. The van der Waals surface area contributed by atoms with E-state index in [9.17, 15) is 4.79 Å². The smallest absolute Gasteiger partial charge is 0.227 e. The molecule has 3 rings (SSSR count). The molecule has 7 heteroatoms. The molecule has 1 aromatic heterocycles.